The van der Waals surface area contributed by atoms with Gasteiger partial charge in [0.05, 0.1) is 18.2 Å². The zero-order valence-electron chi connectivity index (χ0n) is 12.7. The number of hydrogen-bond donors (Lipinski definition) is 1. The quantitative estimate of drug-likeness (QED) is 0.879. The lowest BCUT2D eigenvalue weighted by Crippen LogP contribution is -2.17. The molecule has 4 heteroatoms. The van der Waals surface area contributed by atoms with Crippen molar-refractivity contribution in [1.29, 1.82) is 0 Å². The number of aryl methyl sites for hydroxylation is 2. The summed E-state index contributed by atoms with van der Waals surface area (Å²) in [6.45, 7) is 7.89. The molecule has 0 saturated carbocycles. The predicted octanol–water partition coefficient (Wildman–Crippen LogP) is 2.98. The molecule has 0 radical (unpaired) electrons. The van der Waals surface area contributed by atoms with Gasteiger partial charge in [-0.05, 0) is 37.6 Å². The number of hydrogen-bond acceptors (Lipinski definition) is 3. The van der Waals surface area contributed by atoms with Crippen LogP contribution in [-0.2, 0) is 13.7 Å². The van der Waals surface area contributed by atoms with Crippen molar-refractivity contribution in [3.63, 3.8) is 0 Å². The Bertz CT molecular complexity index is 563. The second-order valence-electron chi connectivity index (χ2n) is 5.09. The van der Waals surface area contributed by atoms with Crippen molar-refractivity contribution in [2.24, 2.45) is 7.05 Å². The van der Waals surface area contributed by atoms with Gasteiger partial charge in [0.2, 0.25) is 0 Å². The van der Waals surface area contributed by atoms with E-state index in [4.69, 9.17) is 4.74 Å². The third kappa shape index (κ3) is 3.39. The molecule has 2 rings (SSSR count). The summed E-state index contributed by atoms with van der Waals surface area (Å²) in [7, 11) is 1.97. The van der Waals surface area contributed by atoms with Crippen molar-refractivity contribution >= 4 is 0 Å². The Morgan fingerprint density at radius 1 is 1.40 bits per heavy atom. The van der Waals surface area contributed by atoms with Gasteiger partial charge in [0.15, 0.2) is 0 Å². The van der Waals surface area contributed by atoms with E-state index in [9.17, 15) is 0 Å². The van der Waals surface area contributed by atoms with Crippen LogP contribution in [0.4, 0.5) is 0 Å². The minimum absolute atomic E-state index is 0.366. The fourth-order valence-corrected chi connectivity index (χ4v) is 2.20. The summed E-state index contributed by atoms with van der Waals surface area (Å²) in [5.74, 6) is 0.929. The Morgan fingerprint density at radius 3 is 2.80 bits per heavy atom. The fraction of sp³-hybridized carbons (Fsp3) is 0.438. The van der Waals surface area contributed by atoms with Crippen molar-refractivity contribution in [3.8, 4) is 5.75 Å². The van der Waals surface area contributed by atoms with E-state index in [2.05, 4.69) is 49.3 Å². The molecule has 1 unspecified atom stereocenters. The van der Waals surface area contributed by atoms with Crippen LogP contribution in [0.5, 0.6) is 5.75 Å². The van der Waals surface area contributed by atoms with Crippen molar-refractivity contribution in [2.75, 3.05) is 6.54 Å². The van der Waals surface area contributed by atoms with E-state index in [-0.39, 0.29) is 0 Å². The van der Waals surface area contributed by atoms with Gasteiger partial charge in [0, 0.05) is 13.1 Å². The monoisotopic (exact) mass is 273 g/mol. The lowest BCUT2D eigenvalue weighted by Gasteiger charge is -2.15. The molecule has 0 aliphatic rings. The summed E-state index contributed by atoms with van der Waals surface area (Å²) in [6.07, 6.45) is 3.61. The molecule has 0 aliphatic carbocycles. The molecule has 0 spiro atoms. The van der Waals surface area contributed by atoms with Crippen molar-refractivity contribution in [2.45, 2.75) is 33.4 Å². The SMILES string of the molecule is CCNC(C)c1ccc(OCc2cncn2C)c(C)c1. The van der Waals surface area contributed by atoms with E-state index in [1.54, 1.807) is 6.33 Å². The molecule has 0 bridgehead atoms. The normalized spacial score (nSPS) is 12.4. The molecule has 1 aromatic carbocycles. The number of rotatable bonds is 6. The van der Waals surface area contributed by atoms with Gasteiger partial charge >= 0.3 is 0 Å². The molecule has 2 aromatic rings. The molecule has 108 valence electrons. The van der Waals surface area contributed by atoms with Gasteiger partial charge in [-0.25, -0.2) is 4.98 Å². The maximum atomic E-state index is 5.88. The molecule has 4 nitrogen and oxygen atoms in total. The number of aromatic nitrogens is 2. The van der Waals surface area contributed by atoms with E-state index in [1.807, 2.05) is 17.8 Å². The number of ether oxygens (including phenoxy) is 1. The first-order chi connectivity index (χ1) is 9.61. The van der Waals surface area contributed by atoms with E-state index < -0.39 is 0 Å². The average Bonchev–Trinajstić information content (AvgIpc) is 2.83. The van der Waals surface area contributed by atoms with E-state index >= 15 is 0 Å². The smallest absolute Gasteiger partial charge is 0.130 e. The average molecular weight is 273 g/mol. The van der Waals surface area contributed by atoms with Gasteiger partial charge in [-0.1, -0.05) is 19.1 Å². The first-order valence-electron chi connectivity index (χ1n) is 7.03. The second kappa shape index (κ2) is 6.57. The molecule has 1 atom stereocenters. The zero-order chi connectivity index (χ0) is 14.5. The van der Waals surface area contributed by atoms with Gasteiger partial charge in [-0.15, -0.1) is 0 Å². The van der Waals surface area contributed by atoms with Crippen molar-refractivity contribution in [1.82, 2.24) is 14.9 Å². The molecule has 1 aromatic heterocycles. The highest BCUT2D eigenvalue weighted by molar-refractivity contribution is 5.37. The Labute approximate surface area is 120 Å². The molecule has 0 aliphatic heterocycles. The van der Waals surface area contributed by atoms with Gasteiger partial charge in [-0.2, -0.15) is 0 Å². The molecule has 0 fully saturated rings. The lowest BCUT2D eigenvalue weighted by molar-refractivity contribution is 0.295. The Morgan fingerprint density at radius 2 is 2.20 bits per heavy atom. The summed E-state index contributed by atoms with van der Waals surface area (Å²) in [6, 6.07) is 6.73. The van der Waals surface area contributed by atoms with Crippen LogP contribution < -0.4 is 10.1 Å². The molecular formula is C16H23N3O. The Balaban J connectivity index is 2.04. The highest BCUT2D eigenvalue weighted by Crippen LogP contribution is 2.23. The van der Waals surface area contributed by atoms with Crippen molar-refractivity contribution < 1.29 is 4.74 Å². The largest absolute Gasteiger partial charge is 0.487 e. The van der Waals surface area contributed by atoms with Gasteiger partial charge in [-0.3, -0.25) is 0 Å². The highest BCUT2D eigenvalue weighted by atomic mass is 16.5. The van der Waals surface area contributed by atoms with Crippen LogP contribution in [0, 0.1) is 6.92 Å². The van der Waals surface area contributed by atoms with Crippen LogP contribution in [0.1, 0.15) is 36.7 Å². The number of nitrogens with one attached hydrogen (secondary N) is 1. The Hall–Kier alpha value is -1.81. The summed E-state index contributed by atoms with van der Waals surface area (Å²) >= 11 is 0. The minimum Gasteiger partial charge on any atom is -0.487 e. The highest BCUT2D eigenvalue weighted by Gasteiger charge is 2.07. The van der Waals surface area contributed by atoms with Gasteiger partial charge < -0.3 is 14.6 Å². The second-order valence-corrected chi connectivity index (χ2v) is 5.09. The third-order valence-electron chi connectivity index (χ3n) is 3.50. The van der Waals surface area contributed by atoms with Crippen LogP contribution in [0.2, 0.25) is 0 Å². The summed E-state index contributed by atoms with van der Waals surface area (Å²) in [5, 5.41) is 3.42. The maximum absolute atomic E-state index is 5.88. The topological polar surface area (TPSA) is 39.1 Å². The molecular weight excluding hydrogens is 250 g/mol. The lowest BCUT2D eigenvalue weighted by atomic mass is 10.1. The first kappa shape index (κ1) is 14.6. The van der Waals surface area contributed by atoms with Crippen LogP contribution in [0.15, 0.2) is 30.7 Å². The van der Waals surface area contributed by atoms with E-state index in [0.717, 1.165) is 23.6 Å². The van der Waals surface area contributed by atoms with Crippen LogP contribution in [0.25, 0.3) is 0 Å². The fourth-order valence-electron chi connectivity index (χ4n) is 2.20. The van der Waals surface area contributed by atoms with Gasteiger partial charge in [0.25, 0.3) is 0 Å². The predicted molar refractivity (Wildman–Crippen MR) is 80.8 cm³/mol. The van der Waals surface area contributed by atoms with Crippen LogP contribution in [-0.4, -0.2) is 16.1 Å². The molecule has 20 heavy (non-hydrogen) atoms. The number of nitrogens with zero attached hydrogens (tertiary/aromatic N) is 2. The summed E-state index contributed by atoms with van der Waals surface area (Å²) < 4.78 is 7.84. The molecule has 1 N–H and O–H groups in total. The van der Waals surface area contributed by atoms with Gasteiger partial charge in [0.1, 0.15) is 12.4 Å². The summed E-state index contributed by atoms with van der Waals surface area (Å²) in [5.41, 5.74) is 3.51. The first-order valence-corrected chi connectivity index (χ1v) is 7.03. The Kier molecular flexibility index (Phi) is 4.79. The maximum Gasteiger partial charge on any atom is 0.130 e. The molecule has 0 amide bonds. The summed E-state index contributed by atoms with van der Waals surface area (Å²) in [4.78, 5) is 4.09. The number of benzene rings is 1. The van der Waals surface area contributed by atoms with Crippen molar-refractivity contribution in [3.05, 3.63) is 47.5 Å². The van der Waals surface area contributed by atoms with Crippen LogP contribution in [0.3, 0.4) is 0 Å². The number of imidazole rings is 1. The molecule has 0 saturated heterocycles. The zero-order valence-corrected chi connectivity index (χ0v) is 12.7. The third-order valence-corrected chi connectivity index (χ3v) is 3.50. The molecule has 1 heterocycles. The van der Waals surface area contributed by atoms with E-state index in [0.29, 0.717) is 12.6 Å². The van der Waals surface area contributed by atoms with E-state index in [1.165, 1.54) is 5.56 Å². The minimum atomic E-state index is 0.366. The van der Waals surface area contributed by atoms with Crippen LogP contribution >= 0.6 is 0 Å². The standard InChI is InChI=1S/C16H23N3O/c1-5-18-13(3)14-6-7-16(12(2)8-14)20-10-15-9-17-11-19(15)4/h6-9,11,13,18H,5,10H2,1-4H3.